The number of halogens is 1. The summed E-state index contributed by atoms with van der Waals surface area (Å²) in [5.41, 5.74) is 1.60. The summed E-state index contributed by atoms with van der Waals surface area (Å²) in [6.45, 7) is 3.55. The number of nitrogens with zero attached hydrogens (tertiary/aromatic N) is 2. The van der Waals surface area contributed by atoms with Crippen molar-refractivity contribution in [2.75, 3.05) is 26.4 Å². The van der Waals surface area contributed by atoms with E-state index in [1.54, 1.807) is 36.4 Å². The predicted molar refractivity (Wildman–Crippen MR) is 107 cm³/mol. The van der Waals surface area contributed by atoms with Gasteiger partial charge in [0.25, 0.3) is 0 Å². The highest BCUT2D eigenvalue weighted by Gasteiger charge is 2.21. The smallest absolute Gasteiger partial charge is 0.307 e. The number of hydrogen-bond donors (Lipinski definition) is 0. The van der Waals surface area contributed by atoms with Gasteiger partial charge in [-0.25, -0.2) is 0 Å². The summed E-state index contributed by atoms with van der Waals surface area (Å²) in [5.74, 6) is 0.574. The first-order valence-electron chi connectivity index (χ1n) is 9.47. The first kappa shape index (κ1) is 20.9. The first-order valence-corrected chi connectivity index (χ1v) is 9.85. The van der Waals surface area contributed by atoms with E-state index in [0.717, 1.165) is 11.1 Å². The molecule has 1 aromatic heterocycles. The van der Waals surface area contributed by atoms with Crippen molar-refractivity contribution in [1.29, 1.82) is 0 Å². The molecular formula is C21H23ClN2O5. The minimum Gasteiger partial charge on any atom is -0.486 e. The second-order valence-electron chi connectivity index (χ2n) is 6.51. The van der Waals surface area contributed by atoms with Gasteiger partial charge < -0.3 is 19.1 Å². The molecule has 29 heavy (non-hydrogen) atoms. The molecule has 1 aliphatic heterocycles. The van der Waals surface area contributed by atoms with Crippen LogP contribution in [0, 0.1) is 0 Å². The van der Waals surface area contributed by atoms with E-state index >= 15 is 0 Å². The number of fused-ring (bicyclic) bond motifs is 1. The van der Waals surface area contributed by atoms with E-state index in [4.69, 9.17) is 25.8 Å². The quantitative estimate of drug-likeness (QED) is 0.613. The molecule has 1 aliphatic rings. The molecule has 3 rings (SSSR count). The number of hydrogen-bond acceptors (Lipinski definition) is 6. The minimum atomic E-state index is -0.334. The van der Waals surface area contributed by atoms with Gasteiger partial charge >= 0.3 is 5.97 Å². The van der Waals surface area contributed by atoms with Gasteiger partial charge in [0.1, 0.15) is 13.2 Å². The number of carbonyl (C=O) groups is 2. The van der Waals surface area contributed by atoms with Crippen molar-refractivity contribution < 1.29 is 23.8 Å². The fourth-order valence-electron chi connectivity index (χ4n) is 3.02. The maximum absolute atomic E-state index is 13.0. The Bertz CT molecular complexity index is 860. The summed E-state index contributed by atoms with van der Waals surface area (Å²) in [6, 6.07) is 7.18. The number of rotatable bonds is 8. The van der Waals surface area contributed by atoms with E-state index < -0.39 is 0 Å². The van der Waals surface area contributed by atoms with Crippen molar-refractivity contribution in [2.24, 2.45) is 0 Å². The molecule has 1 aromatic carbocycles. The maximum Gasteiger partial charge on any atom is 0.307 e. The van der Waals surface area contributed by atoms with Crippen molar-refractivity contribution in [3.8, 4) is 11.5 Å². The van der Waals surface area contributed by atoms with E-state index in [1.807, 2.05) is 12.1 Å². The fourth-order valence-corrected chi connectivity index (χ4v) is 3.30. The van der Waals surface area contributed by atoms with Crippen LogP contribution < -0.4 is 9.47 Å². The molecule has 0 radical (unpaired) electrons. The average Bonchev–Trinajstić information content (AvgIpc) is 2.72. The van der Waals surface area contributed by atoms with Crippen LogP contribution in [0.15, 0.2) is 36.7 Å². The molecule has 2 aromatic rings. The lowest BCUT2D eigenvalue weighted by atomic mass is 10.1. The number of ether oxygens (including phenoxy) is 3. The Balaban J connectivity index is 1.73. The standard InChI is InChI=1S/C21H23ClN2O5/c1-2-27-20(26)5-7-24(14-15-4-3-6-23-13-15)19(25)12-16-10-17(22)21-18(11-16)28-8-9-29-21/h3-4,6,10-11,13H,2,5,7-9,12,14H2,1H3. The van der Waals surface area contributed by atoms with Gasteiger partial charge in [0, 0.05) is 25.5 Å². The van der Waals surface area contributed by atoms with Crippen LogP contribution in [-0.4, -0.2) is 48.1 Å². The highest BCUT2D eigenvalue weighted by molar-refractivity contribution is 6.32. The predicted octanol–water partition coefficient (Wildman–Crippen LogP) is 3.03. The van der Waals surface area contributed by atoms with Gasteiger partial charge in [-0.15, -0.1) is 0 Å². The van der Waals surface area contributed by atoms with Gasteiger partial charge in [-0.3, -0.25) is 14.6 Å². The van der Waals surface area contributed by atoms with Crippen LogP contribution in [-0.2, 0) is 27.3 Å². The summed E-state index contributed by atoms with van der Waals surface area (Å²) >= 11 is 6.28. The van der Waals surface area contributed by atoms with E-state index in [2.05, 4.69) is 4.98 Å². The van der Waals surface area contributed by atoms with Crippen molar-refractivity contribution >= 4 is 23.5 Å². The fraction of sp³-hybridized carbons (Fsp3) is 0.381. The third-order valence-corrected chi connectivity index (χ3v) is 4.63. The molecule has 7 nitrogen and oxygen atoms in total. The Morgan fingerprint density at radius 1 is 1.24 bits per heavy atom. The molecule has 0 atom stereocenters. The normalized spacial score (nSPS) is 12.3. The second-order valence-corrected chi connectivity index (χ2v) is 6.92. The Morgan fingerprint density at radius 2 is 2.07 bits per heavy atom. The molecule has 0 spiro atoms. The Morgan fingerprint density at radius 3 is 2.83 bits per heavy atom. The van der Waals surface area contributed by atoms with Crippen molar-refractivity contribution in [2.45, 2.75) is 26.3 Å². The van der Waals surface area contributed by atoms with Crippen LogP contribution in [0.5, 0.6) is 11.5 Å². The van der Waals surface area contributed by atoms with E-state index in [-0.39, 0.29) is 31.3 Å². The Labute approximate surface area is 174 Å². The third-order valence-electron chi connectivity index (χ3n) is 4.35. The Kier molecular flexibility index (Phi) is 7.30. The van der Waals surface area contributed by atoms with Gasteiger partial charge in [0.05, 0.1) is 24.5 Å². The summed E-state index contributed by atoms with van der Waals surface area (Å²) < 4.78 is 16.1. The minimum absolute atomic E-state index is 0.124. The van der Waals surface area contributed by atoms with Gasteiger partial charge in [-0.2, -0.15) is 0 Å². The highest BCUT2D eigenvalue weighted by atomic mass is 35.5. The molecule has 0 bridgehead atoms. The summed E-state index contributed by atoms with van der Waals surface area (Å²) in [4.78, 5) is 30.5. The number of amides is 1. The summed E-state index contributed by atoms with van der Waals surface area (Å²) in [6.07, 6.45) is 3.62. The largest absolute Gasteiger partial charge is 0.486 e. The summed E-state index contributed by atoms with van der Waals surface area (Å²) in [7, 11) is 0. The van der Waals surface area contributed by atoms with Gasteiger partial charge in [0.2, 0.25) is 5.91 Å². The third kappa shape index (κ3) is 5.84. The first-order chi connectivity index (χ1) is 14.1. The SMILES string of the molecule is CCOC(=O)CCN(Cc1cccnc1)C(=O)Cc1cc(Cl)c2c(c1)OCCO2. The zero-order chi connectivity index (χ0) is 20.6. The molecule has 154 valence electrons. The molecule has 0 fully saturated rings. The molecule has 0 saturated heterocycles. The number of carbonyl (C=O) groups excluding carboxylic acids is 2. The van der Waals surface area contributed by atoms with Crippen LogP contribution in [0.1, 0.15) is 24.5 Å². The molecular weight excluding hydrogens is 396 g/mol. The average molecular weight is 419 g/mol. The van der Waals surface area contributed by atoms with Crippen LogP contribution in [0.3, 0.4) is 0 Å². The van der Waals surface area contributed by atoms with Crippen LogP contribution in [0.25, 0.3) is 0 Å². The van der Waals surface area contributed by atoms with Crippen molar-refractivity contribution in [1.82, 2.24) is 9.88 Å². The van der Waals surface area contributed by atoms with E-state index in [1.165, 1.54) is 0 Å². The van der Waals surface area contributed by atoms with Crippen LogP contribution >= 0.6 is 11.6 Å². The molecule has 1 amide bonds. The molecule has 0 saturated carbocycles. The molecule has 2 heterocycles. The zero-order valence-corrected chi connectivity index (χ0v) is 17.0. The van der Waals surface area contributed by atoms with Crippen molar-refractivity contribution in [3.63, 3.8) is 0 Å². The van der Waals surface area contributed by atoms with E-state index in [0.29, 0.717) is 42.9 Å². The number of esters is 1. The zero-order valence-electron chi connectivity index (χ0n) is 16.2. The summed E-state index contributed by atoms with van der Waals surface area (Å²) in [5, 5.41) is 0.412. The number of benzene rings is 1. The number of pyridine rings is 1. The lowest BCUT2D eigenvalue weighted by Crippen LogP contribution is -2.34. The topological polar surface area (TPSA) is 78.0 Å². The Hall–Kier alpha value is -2.80. The lowest BCUT2D eigenvalue weighted by Gasteiger charge is -2.24. The van der Waals surface area contributed by atoms with Gasteiger partial charge in [-0.05, 0) is 36.2 Å². The molecule has 0 aliphatic carbocycles. The highest BCUT2D eigenvalue weighted by Crippen LogP contribution is 2.38. The lowest BCUT2D eigenvalue weighted by molar-refractivity contribution is -0.144. The van der Waals surface area contributed by atoms with Crippen molar-refractivity contribution in [3.05, 3.63) is 52.8 Å². The molecule has 8 heteroatoms. The second kappa shape index (κ2) is 10.1. The maximum atomic E-state index is 13.0. The van der Waals surface area contributed by atoms with Crippen LogP contribution in [0.2, 0.25) is 5.02 Å². The van der Waals surface area contributed by atoms with Crippen LogP contribution in [0.4, 0.5) is 0 Å². The monoisotopic (exact) mass is 418 g/mol. The number of aromatic nitrogens is 1. The molecule has 0 unspecified atom stereocenters. The molecule has 0 N–H and O–H groups in total. The van der Waals surface area contributed by atoms with Gasteiger partial charge in [-0.1, -0.05) is 17.7 Å². The van der Waals surface area contributed by atoms with Gasteiger partial charge in [0.15, 0.2) is 11.5 Å². The van der Waals surface area contributed by atoms with E-state index in [9.17, 15) is 9.59 Å².